The molecule has 1 rings (SSSR count). The zero-order chi connectivity index (χ0) is 15.2. The fraction of sp³-hybridized carbons (Fsp3) is 0.462. The second-order valence-corrected chi connectivity index (χ2v) is 6.28. The lowest BCUT2D eigenvalue weighted by molar-refractivity contribution is -0.114. The topological polar surface area (TPSA) is 87.3 Å². The molecule has 120 valence electrons. The third-order valence-electron chi connectivity index (χ3n) is 2.62. The van der Waals surface area contributed by atoms with Crippen LogP contribution in [0.5, 0.6) is 0 Å². The van der Waals surface area contributed by atoms with Gasteiger partial charge in [-0.2, -0.15) is 0 Å². The Labute approximate surface area is 132 Å². The number of hydrogen-bond donors (Lipinski definition) is 3. The van der Waals surface area contributed by atoms with Gasteiger partial charge in [0.2, 0.25) is 15.9 Å². The van der Waals surface area contributed by atoms with Crippen molar-refractivity contribution in [2.45, 2.75) is 31.7 Å². The van der Waals surface area contributed by atoms with Crippen LogP contribution in [0.25, 0.3) is 0 Å². The summed E-state index contributed by atoms with van der Waals surface area (Å²) in [5, 5.41) is 5.71. The van der Waals surface area contributed by atoms with Gasteiger partial charge in [-0.15, -0.1) is 12.4 Å². The molecule has 0 saturated carbocycles. The van der Waals surface area contributed by atoms with E-state index >= 15 is 0 Å². The van der Waals surface area contributed by atoms with Gasteiger partial charge >= 0.3 is 0 Å². The molecule has 0 unspecified atom stereocenters. The minimum atomic E-state index is -3.52. The highest BCUT2D eigenvalue weighted by molar-refractivity contribution is 7.89. The number of anilines is 1. The number of amides is 1. The summed E-state index contributed by atoms with van der Waals surface area (Å²) in [5.41, 5.74) is 0.567. The first kappa shape index (κ1) is 19.9. The first-order chi connectivity index (χ1) is 9.35. The van der Waals surface area contributed by atoms with E-state index in [1.165, 1.54) is 19.1 Å². The van der Waals surface area contributed by atoms with Crippen molar-refractivity contribution in [3.63, 3.8) is 0 Å². The molecule has 0 aliphatic rings. The van der Waals surface area contributed by atoms with Gasteiger partial charge in [0.05, 0.1) is 4.90 Å². The molecule has 6 nitrogen and oxygen atoms in total. The first-order valence-electron chi connectivity index (χ1n) is 6.46. The molecule has 0 aromatic heterocycles. The number of carbonyl (C=O) groups is 1. The van der Waals surface area contributed by atoms with Gasteiger partial charge in [-0.1, -0.05) is 6.92 Å². The molecular formula is C13H22ClN3O3S. The van der Waals surface area contributed by atoms with Gasteiger partial charge in [0.15, 0.2) is 0 Å². The summed E-state index contributed by atoms with van der Waals surface area (Å²) in [4.78, 5) is 11.1. The van der Waals surface area contributed by atoms with Gasteiger partial charge in [0.25, 0.3) is 0 Å². The van der Waals surface area contributed by atoms with Crippen LogP contribution >= 0.6 is 12.4 Å². The average molecular weight is 336 g/mol. The lowest BCUT2D eigenvalue weighted by Crippen LogP contribution is -2.38. The summed E-state index contributed by atoms with van der Waals surface area (Å²) in [6, 6.07) is 6.11. The van der Waals surface area contributed by atoms with E-state index in [1.807, 2.05) is 13.8 Å². The number of likely N-dealkylation sites (N-methyl/N-ethyl adjacent to an activating group) is 1. The Morgan fingerprint density at radius 1 is 1.24 bits per heavy atom. The molecule has 0 aliphatic heterocycles. The van der Waals surface area contributed by atoms with E-state index in [2.05, 4.69) is 15.4 Å². The number of benzene rings is 1. The van der Waals surface area contributed by atoms with Gasteiger partial charge in [-0.05, 0) is 37.7 Å². The molecule has 0 fully saturated rings. The van der Waals surface area contributed by atoms with Crippen LogP contribution in [0.15, 0.2) is 29.2 Å². The summed E-state index contributed by atoms with van der Waals surface area (Å²) >= 11 is 0. The minimum Gasteiger partial charge on any atom is -0.326 e. The fourth-order valence-electron chi connectivity index (χ4n) is 1.66. The van der Waals surface area contributed by atoms with Gasteiger partial charge < -0.3 is 10.6 Å². The monoisotopic (exact) mass is 335 g/mol. The van der Waals surface area contributed by atoms with Crippen molar-refractivity contribution in [2.24, 2.45) is 0 Å². The maximum absolute atomic E-state index is 12.0. The summed E-state index contributed by atoms with van der Waals surface area (Å²) in [5.74, 6) is -0.196. The number of nitrogens with one attached hydrogen (secondary N) is 3. The molecule has 1 atom stereocenters. The Morgan fingerprint density at radius 2 is 1.81 bits per heavy atom. The van der Waals surface area contributed by atoms with Crippen molar-refractivity contribution >= 4 is 34.0 Å². The lowest BCUT2D eigenvalue weighted by Gasteiger charge is -2.13. The van der Waals surface area contributed by atoms with E-state index in [9.17, 15) is 13.2 Å². The number of halogens is 1. The third kappa shape index (κ3) is 6.90. The fourth-order valence-corrected chi connectivity index (χ4v) is 2.79. The molecule has 3 N–H and O–H groups in total. The Hall–Kier alpha value is -1.15. The molecule has 0 bridgehead atoms. The molecule has 0 radical (unpaired) electrons. The van der Waals surface area contributed by atoms with Crippen LogP contribution in [0.4, 0.5) is 5.69 Å². The SMILES string of the molecule is CCN[C@H](C)CNS(=O)(=O)c1ccc(NC(C)=O)cc1.Cl. The van der Waals surface area contributed by atoms with Gasteiger partial charge in [0.1, 0.15) is 0 Å². The lowest BCUT2D eigenvalue weighted by atomic mass is 10.3. The second kappa shape index (κ2) is 8.99. The quantitative estimate of drug-likeness (QED) is 0.701. The average Bonchev–Trinajstić information content (AvgIpc) is 2.37. The van der Waals surface area contributed by atoms with E-state index in [0.29, 0.717) is 12.2 Å². The van der Waals surface area contributed by atoms with Crippen molar-refractivity contribution in [1.82, 2.24) is 10.0 Å². The highest BCUT2D eigenvalue weighted by atomic mass is 35.5. The van der Waals surface area contributed by atoms with Crippen LogP contribution in [-0.2, 0) is 14.8 Å². The van der Waals surface area contributed by atoms with Gasteiger partial charge in [-0.3, -0.25) is 4.79 Å². The first-order valence-corrected chi connectivity index (χ1v) is 7.94. The normalized spacial score (nSPS) is 12.3. The Bertz CT molecular complexity index is 546. The summed E-state index contributed by atoms with van der Waals surface area (Å²) < 4.78 is 26.6. The van der Waals surface area contributed by atoms with Crippen LogP contribution in [-0.4, -0.2) is 33.5 Å². The number of carbonyl (C=O) groups excluding carboxylic acids is 1. The molecule has 21 heavy (non-hydrogen) atoms. The van der Waals surface area contributed by atoms with Crippen LogP contribution in [0.1, 0.15) is 20.8 Å². The molecule has 8 heteroatoms. The summed E-state index contributed by atoms with van der Waals surface area (Å²) in [6.07, 6.45) is 0. The third-order valence-corrected chi connectivity index (χ3v) is 4.06. The van der Waals surface area contributed by atoms with Crippen molar-refractivity contribution in [2.75, 3.05) is 18.4 Å². The van der Waals surface area contributed by atoms with Crippen LogP contribution < -0.4 is 15.4 Å². The molecule has 1 amide bonds. The van der Waals surface area contributed by atoms with Crippen molar-refractivity contribution in [1.29, 1.82) is 0 Å². The standard InChI is InChI=1S/C13H21N3O3S.ClH/c1-4-14-10(2)9-15-20(18,19)13-7-5-12(6-8-13)16-11(3)17;/h5-8,10,14-15H,4,9H2,1-3H3,(H,16,17);1H/t10-;/m1./s1. The van der Waals surface area contributed by atoms with Crippen LogP contribution in [0, 0.1) is 0 Å². The Morgan fingerprint density at radius 3 is 2.29 bits per heavy atom. The molecule has 0 aliphatic carbocycles. The molecule has 0 spiro atoms. The smallest absolute Gasteiger partial charge is 0.240 e. The maximum atomic E-state index is 12.0. The van der Waals surface area contributed by atoms with E-state index in [1.54, 1.807) is 12.1 Å². The molecule has 0 saturated heterocycles. The second-order valence-electron chi connectivity index (χ2n) is 4.52. The predicted molar refractivity (Wildman–Crippen MR) is 86.3 cm³/mol. The van der Waals surface area contributed by atoms with Crippen molar-refractivity contribution in [3.05, 3.63) is 24.3 Å². The number of sulfonamides is 1. The highest BCUT2D eigenvalue weighted by Crippen LogP contribution is 2.13. The highest BCUT2D eigenvalue weighted by Gasteiger charge is 2.14. The van der Waals surface area contributed by atoms with Crippen molar-refractivity contribution < 1.29 is 13.2 Å². The number of rotatable bonds is 7. The molecule has 0 heterocycles. The zero-order valence-corrected chi connectivity index (χ0v) is 14.0. The predicted octanol–water partition coefficient (Wildman–Crippen LogP) is 1.34. The van der Waals surface area contributed by atoms with E-state index in [4.69, 9.17) is 0 Å². The van der Waals surface area contributed by atoms with E-state index in [-0.39, 0.29) is 29.3 Å². The zero-order valence-electron chi connectivity index (χ0n) is 12.3. The Kier molecular flexibility index (Phi) is 8.50. The summed E-state index contributed by atoms with van der Waals surface area (Å²) in [6.45, 7) is 6.38. The summed E-state index contributed by atoms with van der Waals surface area (Å²) in [7, 11) is -3.52. The van der Waals surface area contributed by atoms with Crippen LogP contribution in [0.2, 0.25) is 0 Å². The van der Waals surface area contributed by atoms with E-state index in [0.717, 1.165) is 6.54 Å². The van der Waals surface area contributed by atoms with E-state index < -0.39 is 10.0 Å². The minimum absolute atomic E-state index is 0. The molecule has 1 aromatic carbocycles. The van der Waals surface area contributed by atoms with Gasteiger partial charge in [-0.25, -0.2) is 13.1 Å². The van der Waals surface area contributed by atoms with Crippen LogP contribution in [0.3, 0.4) is 0 Å². The Balaban J connectivity index is 0.00000400. The molecular weight excluding hydrogens is 314 g/mol. The number of hydrogen-bond acceptors (Lipinski definition) is 4. The van der Waals surface area contributed by atoms with Crippen molar-refractivity contribution in [3.8, 4) is 0 Å². The largest absolute Gasteiger partial charge is 0.326 e. The maximum Gasteiger partial charge on any atom is 0.240 e. The molecule has 1 aromatic rings. The van der Waals surface area contributed by atoms with Gasteiger partial charge in [0, 0.05) is 25.2 Å².